The summed E-state index contributed by atoms with van der Waals surface area (Å²) >= 11 is 0. The van der Waals surface area contributed by atoms with Gasteiger partial charge in [-0.3, -0.25) is 0 Å². The average molecular weight is 170 g/mol. The van der Waals surface area contributed by atoms with Crippen LogP contribution >= 0.6 is 0 Å². The molecule has 0 saturated carbocycles. The Morgan fingerprint density at radius 2 is 2.17 bits per heavy atom. The lowest BCUT2D eigenvalue weighted by Gasteiger charge is -2.24. The van der Waals surface area contributed by atoms with Gasteiger partial charge in [0.05, 0.1) is 11.7 Å². The van der Waals surface area contributed by atoms with E-state index < -0.39 is 0 Å². The monoisotopic (exact) mass is 170 g/mol. The molecule has 12 heavy (non-hydrogen) atoms. The minimum Gasteiger partial charge on any atom is -0.375 e. The Bertz CT molecular complexity index is 149. The molecule has 0 saturated heterocycles. The number of hydrogen-bond acceptors (Lipinski definition) is 3. The van der Waals surface area contributed by atoms with Gasteiger partial charge in [-0.15, -0.1) is 0 Å². The van der Waals surface area contributed by atoms with Gasteiger partial charge in [-0.25, -0.2) is 0 Å². The molecule has 0 radical (unpaired) electrons. The van der Waals surface area contributed by atoms with E-state index in [0.29, 0.717) is 6.42 Å². The van der Waals surface area contributed by atoms with Crippen LogP contribution in [-0.2, 0) is 4.74 Å². The van der Waals surface area contributed by atoms with Gasteiger partial charge in [0.2, 0.25) is 0 Å². The van der Waals surface area contributed by atoms with Crippen LogP contribution in [0.2, 0.25) is 0 Å². The first-order valence-corrected chi connectivity index (χ1v) is 4.34. The molecule has 0 amide bonds. The summed E-state index contributed by atoms with van der Waals surface area (Å²) in [5.74, 6) is 0. The Balaban J connectivity index is 3.41. The highest BCUT2D eigenvalue weighted by molar-refractivity contribution is 4.75. The summed E-state index contributed by atoms with van der Waals surface area (Å²) in [5, 5.41) is 11.4. The van der Waals surface area contributed by atoms with E-state index in [0.717, 1.165) is 19.7 Å². The maximum Gasteiger partial charge on any atom is 0.0750 e. The first-order chi connectivity index (χ1) is 5.62. The highest BCUT2D eigenvalue weighted by Gasteiger charge is 2.15. The molecule has 0 rings (SSSR count). The van der Waals surface area contributed by atoms with Gasteiger partial charge in [-0.05, 0) is 20.8 Å². The molecule has 0 bridgehead atoms. The van der Waals surface area contributed by atoms with Crippen LogP contribution < -0.4 is 5.32 Å². The number of rotatable bonds is 6. The van der Waals surface area contributed by atoms with Crippen LogP contribution in [0, 0.1) is 11.3 Å². The molecule has 0 aromatic carbocycles. The summed E-state index contributed by atoms with van der Waals surface area (Å²) in [5.41, 5.74) is -0.121. The van der Waals surface area contributed by atoms with E-state index in [1.54, 1.807) is 0 Å². The molecule has 0 fully saturated rings. The van der Waals surface area contributed by atoms with Crippen molar-refractivity contribution in [2.45, 2.75) is 32.8 Å². The molecule has 0 unspecified atom stereocenters. The number of nitrogens with zero attached hydrogens (tertiary/aromatic N) is 1. The van der Waals surface area contributed by atoms with Crippen LogP contribution in [0.5, 0.6) is 0 Å². The Hall–Kier alpha value is -0.590. The highest BCUT2D eigenvalue weighted by Crippen LogP contribution is 2.06. The maximum absolute atomic E-state index is 8.28. The van der Waals surface area contributed by atoms with E-state index in [-0.39, 0.29) is 5.60 Å². The van der Waals surface area contributed by atoms with Crippen molar-refractivity contribution in [2.75, 3.05) is 19.7 Å². The van der Waals surface area contributed by atoms with Gasteiger partial charge in [0, 0.05) is 26.1 Å². The van der Waals surface area contributed by atoms with Crippen molar-refractivity contribution in [1.82, 2.24) is 5.32 Å². The number of hydrogen-bond donors (Lipinski definition) is 1. The predicted molar refractivity (Wildman–Crippen MR) is 48.8 cm³/mol. The molecule has 0 heterocycles. The van der Waals surface area contributed by atoms with Crippen molar-refractivity contribution in [3.05, 3.63) is 0 Å². The maximum atomic E-state index is 8.28. The van der Waals surface area contributed by atoms with Gasteiger partial charge in [-0.2, -0.15) is 5.26 Å². The lowest BCUT2D eigenvalue weighted by atomic mass is 10.1. The third kappa shape index (κ3) is 6.14. The van der Waals surface area contributed by atoms with Crippen molar-refractivity contribution in [3.8, 4) is 6.07 Å². The van der Waals surface area contributed by atoms with Gasteiger partial charge in [0.25, 0.3) is 0 Å². The summed E-state index contributed by atoms with van der Waals surface area (Å²) in [6.07, 6.45) is 0.558. The van der Waals surface area contributed by atoms with Crippen molar-refractivity contribution >= 4 is 0 Å². The van der Waals surface area contributed by atoms with E-state index in [2.05, 4.69) is 11.4 Å². The van der Waals surface area contributed by atoms with E-state index >= 15 is 0 Å². The first-order valence-electron chi connectivity index (χ1n) is 4.34. The lowest BCUT2D eigenvalue weighted by Crippen LogP contribution is -2.38. The van der Waals surface area contributed by atoms with Crippen molar-refractivity contribution < 1.29 is 4.74 Å². The zero-order chi connectivity index (χ0) is 9.45. The van der Waals surface area contributed by atoms with Crippen LogP contribution in [0.15, 0.2) is 0 Å². The summed E-state index contributed by atoms with van der Waals surface area (Å²) in [4.78, 5) is 0. The summed E-state index contributed by atoms with van der Waals surface area (Å²) in [7, 11) is 0. The Kier molecular flexibility index (Phi) is 5.69. The molecule has 70 valence electrons. The largest absolute Gasteiger partial charge is 0.375 e. The highest BCUT2D eigenvalue weighted by atomic mass is 16.5. The van der Waals surface area contributed by atoms with Gasteiger partial charge >= 0.3 is 0 Å². The molecule has 0 aromatic heterocycles. The minimum absolute atomic E-state index is 0.121. The van der Waals surface area contributed by atoms with Gasteiger partial charge < -0.3 is 10.1 Å². The van der Waals surface area contributed by atoms with E-state index in [1.165, 1.54) is 0 Å². The van der Waals surface area contributed by atoms with Crippen LogP contribution in [-0.4, -0.2) is 25.3 Å². The molecule has 1 N–H and O–H groups in total. The third-order valence-electron chi connectivity index (χ3n) is 1.50. The molecule has 0 spiro atoms. The minimum atomic E-state index is -0.121. The fourth-order valence-corrected chi connectivity index (χ4v) is 0.975. The van der Waals surface area contributed by atoms with E-state index in [9.17, 15) is 0 Å². The zero-order valence-corrected chi connectivity index (χ0v) is 8.18. The first kappa shape index (κ1) is 11.4. The molecule has 0 aliphatic heterocycles. The van der Waals surface area contributed by atoms with E-state index in [1.807, 2.05) is 20.8 Å². The van der Waals surface area contributed by atoms with Gasteiger partial charge in [0.15, 0.2) is 0 Å². The predicted octanol–water partition coefficient (Wildman–Crippen LogP) is 1.30. The quantitative estimate of drug-likeness (QED) is 0.611. The number of ether oxygens (including phenoxy) is 1. The Morgan fingerprint density at radius 3 is 2.67 bits per heavy atom. The fourth-order valence-electron chi connectivity index (χ4n) is 0.975. The topological polar surface area (TPSA) is 45.0 Å². The van der Waals surface area contributed by atoms with Gasteiger partial charge in [-0.1, -0.05) is 0 Å². The third-order valence-corrected chi connectivity index (χ3v) is 1.50. The molecule has 0 aromatic rings. The average Bonchev–Trinajstić information content (AvgIpc) is 1.98. The second kappa shape index (κ2) is 5.99. The second-order valence-corrected chi connectivity index (χ2v) is 3.28. The second-order valence-electron chi connectivity index (χ2n) is 3.28. The molecule has 0 atom stereocenters. The normalized spacial score (nSPS) is 11.2. The standard InChI is InChI=1S/C9H18N2O/c1-4-12-9(2,3)8-11-7-5-6-10/h11H,4-5,7-8H2,1-3H3. The van der Waals surface area contributed by atoms with Crippen LogP contribution in [0.25, 0.3) is 0 Å². The summed E-state index contributed by atoms with van der Waals surface area (Å²) < 4.78 is 5.46. The van der Waals surface area contributed by atoms with Gasteiger partial charge in [0.1, 0.15) is 0 Å². The summed E-state index contributed by atoms with van der Waals surface area (Å²) in [6, 6.07) is 2.08. The molecule has 0 aliphatic carbocycles. The SMILES string of the molecule is CCOC(C)(C)CNCCC#N. The zero-order valence-electron chi connectivity index (χ0n) is 8.18. The fraction of sp³-hybridized carbons (Fsp3) is 0.889. The molecule has 3 heteroatoms. The Labute approximate surface area is 74.7 Å². The molecule has 3 nitrogen and oxygen atoms in total. The smallest absolute Gasteiger partial charge is 0.0750 e. The van der Waals surface area contributed by atoms with Crippen LogP contribution in [0.4, 0.5) is 0 Å². The lowest BCUT2D eigenvalue weighted by molar-refractivity contribution is -0.00853. The van der Waals surface area contributed by atoms with Crippen molar-refractivity contribution in [3.63, 3.8) is 0 Å². The summed E-state index contributed by atoms with van der Waals surface area (Å²) in [6.45, 7) is 8.32. The molecule has 0 aliphatic rings. The Morgan fingerprint density at radius 1 is 1.50 bits per heavy atom. The van der Waals surface area contributed by atoms with Crippen molar-refractivity contribution in [2.24, 2.45) is 0 Å². The molecular formula is C9H18N2O. The molecular weight excluding hydrogens is 152 g/mol. The van der Waals surface area contributed by atoms with Crippen LogP contribution in [0.1, 0.15) is 27.2 Å². The number of nitriles is 1. The number of nitrogens with one attached hydrogen (secondary N) is 1. The van der Waals surface area contributed by atoms with Crippen molar-refractivity contribution in [1.29, 1.82) is 5.26 Å². The van der Waals surface area contributed by atoms with E-state index in [4.69, 9.17) is 10.00 Å². The van der Waals surface area contributed by atoms with Crippen LogP contribution in [0.3, 0.4) is 0 Å².